The second-order valence-electron chi connectivity index (χ2n) is 8.31. The van der Waals surface area contributed by atoms with E-state index in [-0.39, 0.29) is 12.3 Å². The summed E-state index contributed by atoms with van der Waals surface area (Å²) in [5, 5.41) is 2.92. The van der Waals surface area contributed by atoms with Crippen molar-refractivity contribution in [2.75, 3.05) is 51.3 Å². The molecule has 1 N–H and O–H groups in total. The second kappa shape index (κ2) is 10.9. The van der Waals surface area contributed by atoms with E-state index >= 15 is 0 Å². The molecule has 7 nitrogen and oxygen atoms in total. The van der Waals surface area contributed by atoms with Gasteiger partial charge in [0.1, 0.15) is 4.21 Å². The van der Waals surface area contributed by atoms with E-state index in [1.165, 1.54) is 16.9 Å². The molecule has 2 aliphatic heterocycles. The zero-order valence-electron chi connectivity index (χ0n) is 18.3. The van der Waals surface area contributed by atoms with Crippen molar-refractivity contribution in [1.82, 2.24) is 9.21 Å². The van der Waals surface area contributed by atoms with Gasteiger partial charge < -0.3 is 10.1 Å². The molecule has 1 amide bonds. The molecule has 0 aliphatic carbocycles. The molecule has 9 heteroatoms. The quantitative estimate of drug-likeness (QED) is 0.632. The number of piperidine rings is 1. The lowest BCUT2D eigenvalue weighted by Crippen LogP contribution is -2.37. The number of carbonyl (C=O) groups excluding carboxylic acids is 1. The van der Waals surface area contributed by atoms with Gasteiger partial charge in [0.05, 0.1) is 19.6 Å². The number of benzene rings is 1. The first-order chi connectivity index (χ1) is 15.5. The van der Waals surface area contributed by atoms with Gasteiger partial charge >= 0.3 is 0 Å². The lowest BCUT2D eigenvalue weighted by molar-refractivity contribution is -0.115. The Kier molecular flexibility index (Phi) is 7.96. The minimum Gasteiger partial charge on any atom is -0.379 e. The molecule has 174 valence electrons. The van der Waals surface area contributed by atoms with Crippen LogP contribution in [-0.4, -0.2) is 69.5 Å². The molecule has 2 aromatic rings. The molecular formula is C23H31N3O4S2. The van der Waals surface area contributed by atoms with Crippen LogP contribution in [0.2, 0.25) is 0 Å². The van der Waals surface area contributed by atoms with Crippen LogP contribution in [0.5, 0.6) is 0 Å². The Balaban J connectivity index is 1.27. The number of sulfonamides is 1. The van der Waals surface area contributed by atoms with Gasteiger partial charge in [0.15, 0.2) is 0 Å². The maximum atomic E-state index is 12.8. The van der Waals surface area contributed by atoms with Crippen LogP contribution in [-0.2, 0) is 32.4 Å². The third kappa shape index (κ3) is 6.17. The van der Waals surface area contributed by atoms with Crippen molar-refractivity contribution < 1.29 is 17.9 Å². The summed E-state index contributed by atoms with van der Waals surface area (Å²) in [6.45, 7) is 5.75. The van der Waals surface area contributed by atoms with Crippen LogP contribution in [0, 0.1) is 0 Å². The summed E-state index contributed by atoms with van der Waals surface area (Å²) >= 11 is 1.19. The third-order valence-electron chi connectivity index (χ3n) is 5.94. The van der Waals surface area contributed by atoms with Crippen LogP contribution in [0.25, 0.3) is 0 Å². The van der Waals surface area contributed by atoms with Crippen molar-refractivity contribution >= 4 is 33.0 Å². The summed E-state index contributed by atoms with van der Waals surface area (Å²) in [5.41, 5.74) is 1.99. The number of thiophene rings is 1. The highest BCUT2D eigenvalue weighted by Gasteiger charge is 2.27. The maximum Gasteiger partial charge on any atom is 0.252 e. The number of amides is 1. The van der Waals surface area contributed by atoms with Crippen molar-refractivity contribution in [3.05, 3.63) is 46.8 Å². The van der Waals surface area contributed by atoms with Crippen molar-refractivity contribution in [2.24, 2.45) is 0 Å². The van der Waals surface area contributed by atoms with E-state index in [1.807, 2.05) is 24.3 Å². The van der Waals surface area contributed by atoms with Crippen LogP contribution >= 0.6 is 11.3 Å². The summed E-state index contributed by atoms with van der Waals surface area (Å²) in [6.07, 6.45) is 4.03. The molecule has 0 saturated carbocycles. The summed E-state index contributed by atoms with van der Waals surface area (Å²) in [7, 11) is -3.44. The van der Waals surface area contributed by atoms with Crippen molar-refractivity contribution in [3.8, 4) is 0 Å². The van der Waals surface area contributed by atoms with E-state index in [9.17, 15) is 13.2 Å². The standard InChI is InChI=1S/C23H31N3O4S2/c27-22(18-21-8-9-23(31-21)32(28,29)26-11-2-1-3-12-26)24-20-6-4-19(5-7-20)10-13-25-14-16-30-17-15-25/h4-9H,1-3,10-18H2,(H,24,27). The summed E-state index contributed by atoms with van der Waals surface area (Å²) in [5.74, 6) is -0.144. The van der Waals surface area contributed by atoms with Crippen LogP contribution in [0.1, 0.15) is 29.7 Å². The molecule has 2 saturated heterocycles. The lowest BCUT2D eigenvalue weighted by Gasteiger charge is -2.26. The van der Waals surface area contributed by atoms with E-state index in [1.54, 1.807) is 16.4 Å². The molecule has 0 bridgehead atoms. The Morgan fingerprint density at radius 3 is 2.41 bits per heavy atom. The monoisotopic (exact) mass is 477 g/mol. The largest absolute Gasteiger partial charge is 0.379 e. The van der Waals surface area contributed by atoms with Crippen molar-refractivity contribution in [2.45, 2.75) is 36.3 Å². The Labute approximate surface area is 194 Å². The number of hydrogen-bond donors (Lipinski definition) is 1. The van der Waals surface area contributed by atoms with Crippen molar-refractivity contribution in [3.63, 3.8) is 0 Å². The van der Waals surface area contributed by atoms with Crippen LogP contribution in [0.15, 0.2) is 40.6 Å². The second-order valence-corrected chi connectivity index (χ2v) is 11.6. The molecule has 1 aromatic heterocycles. The number of nitrogens with zero attached hydrogens (tertiary/aromatic N) is 2. The molecule has 4 rings (SSSR count). The number of rotatable bonds is 8. The average molecular weight is 478 g/mol. The highest BCUT2D eigenvalue weighted by Crippen LogP contribution is 2.27. The molecule has 0 unspecified atom stereocenters. The first-order valence-corrected chi connectivity index (χ1v) is 13.5. The van der Waals surface area contributed by atoms with E-state index < -0.39 is 10.0 Å². The van der Waals surface area contributed by atoms with Gasteiger partial charge in [0.2, 0.25) is 5.91 Å². The number of ether oxygens (including phenoxy) is 1. The highest BCUT2D eigenvalue weighted by atomic mass is 32.2. The maximum absolute atomic E-state index is 12.8. The van der Waals surface area contributed by atoms with Crippen LogP contribution in [0.3, 0.4) is 0 Å². The zero-order chi connectivity index (χ0) is 22.4. The van der Waals surface area contributed by atoms with Crippen LogP contribution in [0.4, 0.5) is 5.69 Å². The number of hydrogen-bond acceptors (Lipinski definition) is 6. The fraction of sp³-hybridized carbons (Fsp3) is 0.522. The predicted molar refractivity (Wildman–Crippen MR) is 127 cm³/mol. The van der Waals surface area contributed by atoms with E-state index in [0.717, 1.165) is 69.1 Å². The number of carbonyl (C=O) groups is 1. The topological polar surface area (TPSA) is 79.0 Å². The third-order valence-corrected chi connectivity index (χ3v) is 9.39. The smallest absolute Gasteiger partial charge is 0.252 e. The Morgan fingerprint density at radius 2 is 1.69 bits per heavy atom. The van der Waals surface area contributed by atoms with Gasteiger partial charge in [-0.2, -0.15) is 4.31 Å². The van der Waals surface area contributed by atoms with Gasteiger partial charge in [0, 0.05) is 43.3 Å². The Bertz CT molecular complexity index is 993. The van der Waals surface area contributed by atoms with Gasteiger partial charge in [-0.15, -0.1) is 11.3 Å². The predicted octanol–water partition coefficient (Wildman–Crippen LogP) is 2.98. The fourth-order valence-corrected chi connectivity index (χ4v) is 7.08. The summed E-state index contributed by atoms with van der Waals surface area (Å²) < 4.78 is 32.8. The molecular weight excluding hydrogens is 446 g/mol. The van der Waals surface area contributed by atoms with Gasteiger partial charge in [-0.3, -0.25) is 9.69 Å². The van der Waals surface area contributed by atoms with Gasteiger partial charge in [-0.05, 0) is 49.1 Å². The summed E-state index contributed by atoms with van der Waals surface area (Å²) in [4.78, 5) is 15.6. The molecule has 0 atom stereocenters. The molecule has 1 aromatic carbocycles. The number of nitrogens with one attached hydrogen (secondary N) is 1. The normalized spacial score (nSPS) is 18.5. The first-order valence-electron chi connectivity index (χ1n) is 11.3. The summed E-state index contributed by atoms with van der Waals surface area (Å²) in [6, 6.07) is 11.3. The Hall–Kier alpha value is -1.78. The van der Waals surface area contributed by atoms with E-state index in [2.05, 4.69) is 10.2 Å². The fourth-order valence-electron chi connectivity index (χ4n) is 4.05. The molecule has 2 aliphatic rings. The van der Waals surface area contributed by atoms with E-state index in [0.29, 0.717) is 17.3 Å². The minimum atomic E-state index is -3.44. The minimum absolute atomic E-state index is 0.144. The Morgan fingerprint density at radius 1 is 0.969 bits per heavy atom. The number of morpholine rings is 1. The van der Waals surface area contributed by atoms with E-state index in [4.69, 9.17) is 4.74 Å². The number of anilines is 1. The lowest BCUT2D eigenvalue weighted by atomic mass is 10.1. The SMILES string of the molecule is O=C(Cc1ccc(S(=O)(=O)N2CCCCC2)s1)Nc1ccc(CCN2CCOCC2)cc1. The molecule has 0 spiro atoms. The molecule has 0 radical (unpaired) electrons. The highest BCUT2D eigenvalue weighted by molar-refractivity contribution is 7.91. The molecule has 2 fully saturated rings. The van der Waals surface area contributed by atoms with Gasteiger partial charge in [-0.1, -0.05) is 18.6 Å². The molecule has 3 heterocycles. The van der Waals surface area contributed by atoms with Crippen molar-refractivity contribution in [1.29, 1.82) is 0 Å². The zero-order valence-corrected chi connectivity index (χ0v) is 19.9. The molecule has 32 heavy (non-hydrogen) atoms. The van der Waals surface area contributed by atoms with Gasteiger partial charge in [-0.25, -0.2) is 8.42 Å². The van der Waals surface area contributed by atoms with Crippen LogP contribution < -0.4 is 5.32 Å². The average Bonchev–Trinajstić information content (AvgIpc) is 3.29. The van der Waals surface area contributed by atoms with Gasteiger partial charge in [0.25, 0.3) is 10.0 Å². The first kappa shape index (κ1) is 23.4.